The molecule has 16 heavy (non-hydrogen) atoms. The lowest BCUT2D eigenvalue weighted by molar-refractivity contribution is 0.182. The zero-order valence-corrected chi connectivity index (χ0v) is 10.9. The number of rotatable bonds is 3. The van der Waals surface area contributed by atoms with Crippen molar-refractivity contribution in [3.63, 3.8) is 0 Å². The fourth-order valence-corrected chi connectivity index (χ4v) is 2.91. The van der Waals surface area contributed by atoms with Gasteiger partial charge in [-0.3, -0.25) is 0 Å². The summed E-state index contributed by atoms with van der Waals surface area (Å²) < 4.78 is 5.74. The average molecular weight is 220 g/mol. The van der Waals surface area contributed by atoms with Crippen LogP contribution >= 0.6 is 0 Å². The first-order valence-electron chi connectivity index (χ1n) is 6.58. The Morgan fingerprint density at radius 1 is 1.25 bits per heavy atom. The van der Waals surface area contributed by atoms with Crippen LogP contribution in [0.5, 0.6) is 0 Å². The molecule has 2 aliphatic rings. The van der Waals surface area contributed by atoms with E-state index in [1.165, 1.54) is 31.3 Å². The topological polar surface area (TPSA) is 12.5 Å². The summed E-state index contributed by atoms with van der Waals surface area (Å²) in [4.78, 5) is 0. The number of ether oxygens (including phenoxy) is 1. The van der Waals surface area contributed by atoms with Gasteiger partial charge in [0.2, 0.25) is 0 Å². The van der Waals surface area contributed by atoms with E-state index in [2.05, 4.69) is 32.9 Å². The van der Waals surface area contributed by atoms with Gasteiger partial charge in [0.1, 0.15) is 0 Å². The molecular weight excluding hydrogens is 196 g/mol. The summed E-state index contributed by atoms with van der Waals surface area (Å²) in [6.45, 7) is 7.62. The van der Waals surface area contributed by atoms with Crippen LogP contribution in [-0.4, -0.2) is 12.2 Å². The summed E-state index contributed by atoms with van der Waals surface area (Å²) in [5.74, 6) is 0.701. The third-order valence-electron chi connectivity index (χ3n) is 4.01. The molecule has 0 aromatic heterocycles. The molecule has 1 nitrogen and oxygen atoms in total. The molecule has 1 spiro atoms. The maximum atomic E-state index is 5.74. The highest BCUT2D eigenvalue weighted by atomic mass is 16.6. The van der Waals surface area contributed by atoms with Crippen LogP contribution in [0.4, 0.5) is 0 Å². The van der Waals surface area contributed by atoms with Gasteiger partial charge >= 0.3 is 0 Å². The van der Waals surface area contributed by atoms with Gasteiger partial charge in [0, 0.05) is 5.92 Å². The van der Waals surface area contributed by atoms with Gasteiger partial charge in [-0.15, -0.1) is 0 Å². The summed E-state index contributed by atoms with van der Waals surface area (Å²) in [5, 5.41) is 0. The second-order valence-corrected chi connectivity index (χ2v) is 5.62. The molecule has 0 aromatic rings. The fraction of sp³-hybridized carbons (Fsp3) is 0.733. The van der Waals surface area contributed by atoms with Crippen molar-refractivity contribution in [2.24, 2.45) is 5.92 Å². The van der Waals surface area contributed by atoms with Gasteiger partial charge in [-0.1, -0.05) is 36.1 Å². The summed E-state index contributed by atoms with van der Waals surface area (Å²) in [5.41, 5.74) is 3.23. The highest BCUT2D eigenvalue weighted by Gasteiger charge is 2.52. The molecule has 1 heterocycles. The Bertz CT molecular complexity index is 303. The van der Waals surface area contributed by atoms with Crippen molar-refractivity contribution in [1.82, 2.24) is 0 Å². The largest absolute Gasteiger partial charge is 0.369 e. The Morgan fingerprint density at radius 2 is 2.00 bits per heavy atom. The zero-order chi connectivity index (χ0) is 11.6. The smallest absolute Gasteiger partial charge is 0.0981 e. The molecule has 2 fully saturated rings. The molecule has 1 saturated carbocycles. The zero-order valence-electron chi connectivity index (χ0n) is 10.9. The van der Waals surface area contributed by atoms with Crippen LogP contribution in [0.15, 0.2) is 23.3 Å². The molecule has 2 atom stereocenters. The molecule has 1 heteroatoms. The monoisotopic (exact) mass is 220 g/mol. The van der Waals surface area contributed by atoms with Gasteiger partial charge in [0.15, 0.2) is 0 Å². The normalized spacial score (nSPS) is 33.9. The van der Waals surface area contributed by atoms with E-state index in [9.17, 15) is 0 Å². The average Bonchev–Trinajstić information content (AvgIpc) is 2.98. The van der Waals surface area contributed by atoms with Crippen molar-refractivity contribution in [2.45, 2.75) is 58.5 Å². The van der Waals surface area contributed by atoms with Crippen LogP contribution in [0.1, 0.15) is 52.9 Å². The third kappa shape index (κ3) is 2.57. The first-order valence-corrected chi connectivity index (χ1v) is 6.58. The maximum absolute atomic E-state index is 5.74. The van der Waals surface area contributed by atoms with E-state index in [1.807, 2.05) is 0 Å². The van der Waals surface area contributed by atoms with Crippen molar-refractivity contribution < 1.29 is 4.74 Å². The number of epoxide rings is 1. The van der Waals surface area contributed by atoms with Crippen LogP contribution < -0.4 is 0 Å². The molecule has 90 valence electrons. The lowest BCUT2D eigenvalue weighted by atomic mass is 9.75. The van der Waals surface area contributed by atoms with E-state index < -0.39 is 0 Å². The Morgan fingerprint density at radius 3 is 2.62 bits per heavy atom. The summed E-state index contributed by atoms with van der Waals surface area (Å²) in [6.07, 6.45) is 11.1. The molecule has 0 amide bonds. The molecule has 1 saturated heterocycles. The van der Waals surface area contributed by atoms with Crippen molar-refractivity contribution in [3.05, 3.63) is 23.3 Å². The highest BCUT2D eigenvalue weighted by molar-refractivity contribution is 5.17. The Labute approximate surface area is 99.6 Å². The van der Waals surface area contributed by atoms with E-state index in [4.69, 9.17) is 4.74 Å². The molecule has 0 aromatic carbocycles. The molecule has 0 bridgehead atoms. The Kier molecular flexibility index (Phi) is 3.53. The van der Waals surface area contributed by atoms with Crippen molar-refractivity contribution in [1.29, 1.82) is 0 Å². The Balaban J connectivity index is 1.97. The predicted molar refractivity (Wildman–Crippen MR) is 68.4 cm³/mol. The minimum absolute atomic E-state index is 0.268. The summed E-state index contributed by atoms with van der Waals surface area (Å²) >= 11 is 0. The van der Waals surface area contributed by atoms with E-state index in [0.29, 0.717) is 5.92 Å². The van der Waals surface area contributed by atoms with Gasteiger partial charge < -0.3 is 4.74 Å². The van der Waals surface area contributed by atoms with E-state index >= 15 is 0 Å². The van der Waals surface area contributed by atoms with Crippen LogP contribution in [0, 0.1) is 5.92 Å². The quantitative estimate of drug-likeness (QED) is 0.511. The predicted octanol–water partition coefficient (Wildman–Crippen LogP) is 4.25. The minimum Gasteiger partial charge on any atom is -0.369 e. The molecule has 2 unspecified atom stereocenters. The van der Waals surface area contributed by atoms with E-state index in [1.54, 1.807) is 5.57 Å². The minimum atomic E-state index is 0.268. The van der Waals surface area contributed by atoms with Gasteiger partial charge in [0.25, 0.3) is 0 Å². The van der Waals surface area contributed by atoms with E-state index in [-0.39, 0.29) is 5.60 Å². The number of allylic oxidation sites excluding steroid dienone is 3. The van der Waals surface area contributed by atoms with Gasteiger partial charge in [-0.05, 0) is 40.0 Å². The van der Waals surface area contributed by atoms with Crippen molar-refractivity contribution in [3.8, 4) is 0 Å². The second-order valence-electron chi connectivity index (χ2n) is 5.62. The van der Waals surface area contributed by atoms with Gasteiger partial charge in [-0.2, -0.15) is 0 Å². The molecule has 0 radical (unpaired) electrons. The SMILES string of the molecule is CC(C)=CC/C=C(\C)C1CCCCC12CO2. The Hall–Kier alpha value is -0.560. The first kappa shape index (κ1) is 11.9. The van der Waals surface area contributed by atoms with Crippen LogP contribution in [0.2, 0.25) is 0 Å². The molecule has 1 aliphatic carbocycles. The molecule has 1 aliphatic heterocycles. The van der Waals surface area contributed by atoms with Gasteiger partial charge in [-0.25, -0.2) is 0 Å². The van der Waals surface area contributed by atoms with Crippen LogP contribution in [0.25, 0.3) is 0 Å². The third-order valence-corrected chi connectivity index (χ3v) is 4.01. The maximum Gasteiger partial charge on any atom is 0.0981 e. The number of hydrogen-bond donors (Lipinski definition) is 0. The van der Waals surface area contributed by atoms with Gasteiger partial charge in [0.05, 0.1) is 12.2 Å². The lowest BCUT2D eigenvalue weighted by Gasteiger charge is -2.29. The highest BCUT2D eigenvalue weighted by Crippen LogP contribution is 2.48. The molecule has 0 N–H and O–H groups in total. The van der Waals surface area contributed by atoms with E-state index in [0.717, 1.165) is 13.0 Å². The number of hydrogen-bond acceptors (Lipinski definition) is 1. The molecule has 2 rings (SSSR count). The molecular formula is C15H24O. The standard InChI is InChI=1S/C15H24O/c1-12(2)7-6-8-13(3)14-9-4-5-10-15(14)11-16-15/h7-8,14H,4-6,9-11H2,1-3H3/b13-8+. The second kappa shape index (κ2) is 4.75. The fourth-order valence-electron chi connectivity index (χ4n) is 2.91. The van der Waals surface area contributed by atoms with Crippen LogP contribution in [-0.2, 0) is 4.74 Å². The van der Waals surface area contributed by atoms with Crippen LogP contribution in [0.3, 0.4) is 0 Å². The summed E-state index contributed by atoms with van der Waals surface area (Å²) in [6, 6.07) is 0. The van der Waals surface area contributed by atoms with Crippen molar-refractivity contribution in [2.75, 3.05) is 6.61 Å². The summed E-state index contributed by atoms with van der Waals surface area (Å²) in [7, 11) is 0. The first-order chi connectivity index (χ1) is 7.64. The van der Waals surface area contributed by atoms with Crippen molar-refractivity contribution >= 4 is 0 Å². The lowest BCUT2D eigenvalue weighted by Crippen LogP contribution is -2.29.